The lowest BCUT2D eigenvalue weighted by Gasteiger charge is -2.33. The Morgan fingerprint density at radius 3 is 2.78 bits per heavy atom. The first-order valence-electron chi connectivity index (χ1n) is 8.73. The summed E-state index contributed by atoms with van der Waals surface area (Å²) in [5, 5.41) is 15.5. The predicted molar refractivity (Wildman–Crippen MR) is 102 cm³/mol. The van der Waals surface area contributed by atoms with E-state index in [-0.39, 0.29) is 17.6 Å². The van der Waals surface area contributed by atoms with Crippen LogP contribution in [0.2, 0.25) is 0 Å². The number of cyclic esters (lactones) is 1. The van der Waals surface area contributed by atoms with Crippen LogP contribution >= 0.6 is 0 Å². The van der Waals surface area contributed by atoms with Crippen molar-refractivity contribution < 1.29 is 19.4 Å². The highest BCUT2D eigenvalue weighted by Gasteiger charge is 2.44. The van der Waals surface area contributed by atoms with E-state index in [2.05, 4.69) is 23.5 Å². The van der Waals surface area contributed by atoms with E-state index in [1.807, 2.05) is 24.3 Å². The normalized spacial score (nSPS) is 20.3. The minimum Gasteiger partial charge on any atom is -0.504 e. The molecular weight excluding hydrogens is 342 g/mol. The first-order chi connectivity index (χ1) is 13.2. The van der Waals surface area contributed by atoms with E-state index < -0.39 is 5.92 Å². The molecule has 2 aliphatic rings. The summed E-state index contributed by atoms with van der Waals surface area (Å²) in [5.41, 5.74) is 3.63. The lowest BCUT2D eigenvalue weighted by Crippen LogP contribution is -2.29. The molecule has 0 bridgehead atoms. The number of aromatic hydroxyl groups is 1. The number of carbonyl (C=O) groups excluding carboxylic acids is 1. The van der Waals surface area contributed by atoms with Gasteiger partial charge < -0.3 is 19.9 Å². The molecule has 134 valence electrons. The molecule has 5 nitrogen and oxygen atoms in total. The molecule has 5 heteroatoms. The Kier molecular flexibility index (Phi) is 3.37. The van der Waals surface area contributed by atoms with Gasteiger partial charge in [0.1, 0.15) is 12.2 Å². The average molecular weight is 359 g/mol. The van der Waals surface area contributed by atoms with Crippen molar-refractivity contribution in [3.8, 4) is 11.5 Å². The highest BCUT2D eigenvalue weighted by molar-refractivity contribution is 5.95. The van der Waals surface area contributed by atoms with Crippen LogP contribution in [0.4, 0.5) is 5.69 Å². The largest absolute Gasteiger partial charge is 0.504 e. The van der Waals surface area contributed by atoms with Crippen LogP contribution in [-0.2, 0) is 9.53 Å². The molecular formula is C22H17NO4. The summed E-state index contributed by atoms with van der Waals surface area (Å²) < 4.78 is 10.5. The summed E-state index contributed by atoms with van der Waals surface area (Å²) in [7, 11) is 1.51. The predicted octanol–water partition coefficient (Wildman–Crippen LogP) is 4.13. The average Bonchev–Trinajstić information content (AvgIpc) is 3.07. The van der Waals surface area contributed by atoms with Crippen molar-refractivity contribution >= 4 is 22.4 Å². The smallest absolute Gasteiger partial charge is 0.320 e. The molecule has 5 rings (SSSR count). The summed E-state index contributed by atoms with van der Waals surface area (Å²) in [4.78, 5) is 12.6. The number of methoxy groups -OCH3 is 1. The lowest BCUT2D eigenvalue weighted by atomic mass is 9.75. The molecule has 2 atom stereocenters. The van der Waals surface area contributed by atoms with Crippen LogP contribution in [0.25, 0.3) is 10.8 Å². The van der Waals surface area contributed by atoms with Gasteiger partial charge in [-0.2, -0.15) is 0 Å². The second-order valence-corrected chi connectivity index (χ2v) is 6.77. The SMILES string of the molecule is COc1cc([C@H]2c3c(ccc4ccccc34)NC3=COC(=O)[C@@H]32)ccc1O. The van der Waals surface area contributed by atoms with E-state index in [4.69, 9.17) is 9.47 Å². The Bertz CT molecular complexity index is 1120. The molecule has 0 unspecified atom stereocenters. The van der Waals surface area contributed by atoms with Gasteiger partial charge in [-0.15, -0.1) is 0 Å². The number of ether oxygens (including phenoxy) is 2. The van der Waals surface area contributed by atoms with Gasteiger partial charge in [-0.25, -0.2) is 0 Å². The Hall–Kier alpha value is -3.47. The van der Waals surface area contributed by atoms with Crippen LogP contribution in [0, 0.1) is 5.92 Å². The zero-order chi connectivity index (χ0) is 18.5. The van der Waals surface area contributed by atoms with E-state index in [0.29, 0.717) is 5.75 Å². The first-order valence-corrected chi connectivity index (χ1v) is 8.73. The molecule has 0 saturated heterocycles. The minimum absolute atomic E-state index is 0.0677. The van der Waals surface area contributed by atoms with Gasteiger partial charge in [0.25, 0.3) is 0 Å². The van der Waals surface area contributed by atoms with Gasteiger partial charge >= 0.3 is 5.97 Å². The van der Waals surface area contributed by atoms with Gasteiger partial charge in [0.05, 0.1) is 12.8 Å². The fraction of sp³-hybridized carbons (Fsp3) is 0.136. The number of benzene rings is 3. The number of rotatable bonds is 2. The van der Waals surface area contributed by atoms with Crippen molar-refractivity contribution in [1.82, 2.24) is 0 Å². The number of nitrogens with one attached hydrogen (secondary N) is 1. The molecule has 3 aromatic rings. The van der Waals surface area contributed by atoms with E-state index in [1.54, 1.807) is 12.1 Å². The number of fused-ring (bicyclic) bond motifs is 4. The van der Waals surface area contributed by atoms with Gasteiger partial charge in [-0.05, 0) is 40.1 Å². The van der Waals surface area contributed by atoms with Crippen molar-refractivity contribution in [2.45, 2.75) is 5.92 Å². The Labute approximate surface area is 155 Å². The maximum atomic E-state index is 12.6. The van der Waals surface area contributed by atoms with Crippen molar-refractivity contribution in [1.29, 1.82) is 0 Å². The maximum Gasteiger partial charge on any atom is 0.320 e. The topological polar surface area (TPSA) is 67.8 Å². The molecule has 0 fully saturated rings. The van der Waals surface area contributed by atoms with E-state index in [9.17, 15) is 9.90 Å². The van der Waals surface area contributed by atoms with Gasteiger partial charge in [0.2, 0.25) is 0 Å². The molecule has 0 aromatic heterocycles. The summed E-state index contributed by atoms with van der Waals surface area (Å²) in [6.07, 6.45) is 1.50. The number of esters is 1. The molecule has 2 heterocycles. The zero-order valence-electron chi connectivity index (χ0n) is 14.6. The van der Waals surface area contributed by atoms with Crippen molar-refractivity contribution in [3.05, 3.63) is 77.7 Å². The quantitative estimate of drug-likeness (QED) is 0.674. The second-order valence-electron chi connectivity index (χ2n) is 6.77. The number of phenols is 1. The molecule has 0 spiro atoms. The van der Waals surface area contributed by atoms with E-state index >= 15 is 0 Å². The van der Waals surface area contributed by atoms with Crippen LogP contribution in [0.15, 0.2) is 66.6 Å². The highest BCUT2D eigenvalue weighted by Crippen LogP contribution is 2.50. The van der Waals surface area contributed by atoms with Crippen LogP contribution in [-0.4, -0.2) is 18.2 Å². The van der Waals surface area contributed by atoms with E-state index in [0.717, 1.165) is 33.3 Å². The summed E-state index contributed by atoms with van der Waals surface area (Å²) in [6, 6.07) is 17.4. The molecule has 0 radical (unpaired) electrons. The van der Waals surface area contributed by atoms with Gasteiger partial charge in [0.15, 0.2) is 11.5 Å². The Morgan fingerprint density at radius 1 is 1.07 bits per heavy atom. The summed E-state index contributed by atoms with van der Waals surface area (Å²) in [6.45, 7) is 0. The van der Waals surface area contributed by atoms with E-state index in [1.165, 1.54) is 13.4 Å². The first kappa shape index (κ1) is 15.8. The minimum atomic E-state index is -0.461. The fourth-order valence-electron chi connectivity index (χ4n) is 4.13. The summed E-state index contributed by atoms with van der Waals surface area (Å²) in [5.74, 6) is -0.545. The lowest BCUT2D eigenvalue weighted by molar-refractivity contribution is -0.139. The number of carbonyl (C=O) groups is 1. The molecule has 27 heavy (non-hydrogen) atoms. The Morgan fingerprint density at radius 2 is 1.93 bits per heavy atom. The number of anilines is 1. The van der Waals surface area contributed by atoms with Crippen LogP contribution in [0.5, 0.6) is 11.5 Å². The number of phenolic OH excluding ortho intramolecular Hbond substituents is 1. The van der Waals surface area contributed by atoms with Crippen molar-refractivity contribution in [2.24, 2.45) is 5.92 Å². The van der Waals surface area contributed by atoms with Crippen LogP contribution in [0.3, 0.4) is 0 Å². The molecule has 3 aromatic carbocycles. The molecule has 0 saturated carbocycles. The van der Waals surface area contributed by atoms with Crippen LogP contribution in [0.1, 0.15) is 17.0 Å². The monoisotopic (exact) mass is 359 g/mol. The third kappa shape index (κ3) is 2.28. The fourth-order valence-corrected chi connectivity index (χ4v) is 4.13. The van der Waals surface area contributed by atoms with Crippen LogP contribution < -0.4 is 10.1 Å². The number of hydrogen-bond acceptors (Lipinski definition) is 5. The van der Waals surface area contributed by atoms with Gasteiger partial charge in [-0.3, -0.25) is 4.79 Å². The third-order valence-corrected chi connectivity index (χ3v) is 5.35. The molecule has 0 aliphatic carbocycles. The summed E-state index contributed by atoms with van der Waals surface area (Å²) >= 11 is 0. The van der Waals surface area contributed by atoms with Crippen molar-refractivity contribution in [3.63, 3.8) is 0 Å². The van der Waals surface area contributed by atoms with Gasteiger partial charge in [0, 0.05) is 11.6 Å². The number of hydrogen-bond donors (Lipinski definition) is 2. The third-order valence-electron chi connectivity index (χ3n) is 5.35. The Balaban J connectivity index is 1.81. The molecule has 0 amide bonds. The van der Waals surface area contributed by atoms with Gasteiger partial charge in [-0.1, -0.05) is 36.4 Å². The standard InChI is InChI=1S/C22H17NO4/c1-26-18-10-13(7-9-17(18)24)19-20-14-5-3-2-4-12(14)6-8-15(20)23-16-11-27-22(25)21(16)19/h2-11,19,21,23-24H,1H3/t19-,21-/m0/s1. The zero-order valence-corrected chi connectivity index (χ0v) is 14.6. The highest BCUT2D eigenvalue weighted by atomic mass is 16.5. The second kappa shape index (κ2) is 5.77. The molecule has 2 aliphatic heterocycles. The van der Waals surface area contributed by atoms with Crippen molar-refractivity contribution in [2.75, 3.05) is 12.4 Å². The molecule has 2 N–H and O–H groups in total. The maximum absolute atomic E-state index is 12.6.